The summed E-state index contributed by atoms with van der Waals surface area (Å²) in [5.74, 6) is -1.67. The van der Waals surface area contributed by atoms with Crippen molar-refractivity contribution in [1.29, 1.82) is 0 Å². The molecule has 168 valence electrons. The lowest BCUT2D eigenvalue weighted by Crippen LogP contribution is -2.49. The summed E-state index contributed by atoms with van der Waals surface area (Å²) in [6.07, 6.45) is -0.222. The van der Waals surface area contributed by atoms with Gasteiger partial charge in [-0.2, -0.15) is 0 Å². The lowest BCUT2D eigenvalue weighted by Gasteiger charge is -2.23. The van der Waals surface area contributed by atoms with Crippen molar-refractivity contribution in [2.45, 2.75) is 26.3 Å². The summed E-state index contributed by atoms with van der Waals surface area (Å²) in [6, 6.07) is 8.64. The largest absolute Gasteiger partial charge is 0.462 e. The Bertz CT molecular complexity index is 1020. The molecular weight excluding hydrogens is 452 g/mol. The molecule has 1 aromatic carbocycles. The van der Waals surface area contributed by atoms with Gasteiger partial charge in [-0.3, -0.25) is 24.7 Å². The number of thiocarbonyl (C=S) groups is 1. The number of nitrogens with zero attached hydrogens (tertiary/aromatic N) is 2. The van der Waals surface area contributed by atoms with Gasteiger partial charge in [0, 0.05) is 12.2 Å². The van der Waals surface area contributed by atoms with Crippen molar-refractivity contribution in [2.75, 3.05) is 18.5 Å². The highest BCUT2D eigenvalue weighted by Crippen LogP contribution is 2.21. The van der Waals surface area contributed by atoms with Crippen LogP contribution in [0.2, 0.25) is 0 Å². The van der Waals surface area contributed by atoms with Crippen LogP contribution in [0.5, 0.6) is 0 Å². The summed E-state index contributed by atoms with van der Waals surface area (Å²) in [5, 5.41) is 5.87. The minimum absolute atomic E-state index is 0.138. The summed E-state index contributed by atoms with van der Waals surface area (Å²) in [7, 11) is 0. The van der Waals surface area contributed by atoms with E-state index in [0.29, 0.717) is 22.7 Å². The predicted octanol–water partition coefficient (Wildman–Crippen LogP) is 2.42. The number of amides is 3. The van der Waals surface area contributed by atoms with Crippen molar-refractivity contribution < 1.29 is 23.9 Å². The van der Waals surface area contributed by atoms with Crippen LogP contribution in [0.15, 0.2) is 41.8 Å². The van der Waals surface area contributed by atoms with Crippen molar-refractivity contribution in [3.63, 3.8) is 0 Å². The van der Waals surface area contributed by atoms with E-state index >= 15 is 0 Å². The van der Waals surface area contributed by atoms with Crippen LogP contribution in [0.1, 0.15) is 40.3 Å². The number of hydrogen-bond acceptors (Lipinski definition) is 7. The normalized spacial score (nSPS) is 15.6. The fraction of sp³-hybridized carbons (Fsp3) is 0.286. The van der Waals surface area contributed by atoms with Gasteiger partial charge in [0.05, 0.1) is 23.5 Å². The fourth-order valence-electron chi connectivity index (χ4n) is 3.11. The van der Waals surface area contributed by atoms with Gasteiger partial charge in [0.1, 0.15) is 6.04 Å². The van der Waals surface area contributed by atoms with Crippen molar-refractivity contribution in [1.82, 2.24) is 15.3 Å². The molecule has 1 fully saturated rings. The second-order valence-corrected chi connectivity index (χ2v) is 8.03. The fourth-order valence-corrected chi connectivity index (χ4v) is 4.11. The highest BCUT2D eigenvalue weighted by Gasteiger charge is 2.44. The number of anilines is 1. The average Bonchev–Trinajstić information content (AvgIpc) is 3.38. The second kappa shape index (κ2) is 10.3. The van der Waals surface area contributed by atoms with Crippen LogP contribution in [0.25, 0.3) is 0 Å². The van der Waals surface area contributed by atoms with Crippen LogP contribution in [0.3, 0.4) is 0 Å². The van der Waals surface area contributed by atoms with Gasteiger partial charge >= 0.3 is 5.97 Å². The molecule has 0 bridgehead atoms. The topological polar surface area (TPSA) is 108 Å². The first-order valence-corrected chi connectivity index (χ1v) is 11.2. The molecule has 0 radical (unpaired) electrons. The van der Waals surface area contributed by atoms with E-state index in [9.17, 15) is 19.2 Å². The van der Waals surface area contributed by atoms with Crippen LogP contribution < -0.4 is 10.7 Å². The molecule has 0 spiro atoms. The van der Waals surface area contributed by atoms with Crippen LogP contribution in [-0.4, -0.2) is 57.9 Å². The lowest BCUT2D eigenvalue weighted by atomic mass is 10.1. The van der Waals surface area contributed by atoms with Crippen LogP contribution in [-0.2, 0) is 14.3 Å². The van der Waals surface area contributed by atoms with Gasteiger partial charge in [0.15, 0.2) is 5.11 Å². The summed E-state index contributed by atoms with van der Waals surface area (Å²) in [6.45, 7) is 4.06. The zero-order valence-electron chi connectivity index (χ0n) is 17.5. The van der Waals surface area contributed by atoms with E-state index in [1.165, 1.54) is 33.4 Å². The smallest absolute Gasteiger partial charge is 0.338 e. The number of carbonyl (C=O) groups is 4. The second-order valence-electron chi connectivity index (χ2n) is 6.72. The molecule has 2 aromatic rings. The van der Waals surface area contributed by atoms with E-state index in [1.54, 1.807) is 43.5 Å². The van der Waals surface area contributed by atoms with E-state index in [2.05, 4.69) is 10.7 Å². The number of benzene rings is 1. The van der Waals surface area contributed by atoms with Gasteiger partial charge in [-0.05, 0) is 61.8 Å². The van der Waals surface area contributed by atoms with E-state index < -0.39 is 23.8 Å². The van der Waals surface area contributed by atoms with Crippen molar-refractivity contribution in [3.8, 4) is 0 Å². The molecule has 2 heterocycles. The number of hydrazine groups is 1. The molecule has 0 aliphatic carbocycles. The number of ether oxygens (including phenoxy) is 1. The highest BCUT2D eigenvalue weighted by molar-refractivity contribution is 7.80. The molecule has 3 rings (SSSR count). The lowest BCUT2D eigenvalue weighted by molar-refractivity contribution is -0.130. The Morgan fingerprint density at radius 1 is 1.16 bits per heavy atom. The molecular formula is C21H22N4O5S2. The van der Waals surface area contributed by atoms with Gasteiger partial charge in [-0.25, -0.2) is 9.80 Å². The van der Waals surface area contributed by atoms with E-state index in [1.807, 2.05) is 0 Å². The molecule has 1 atom stereocenters. The number of thiophene rings is 1. The Morgan fingerprint density at radius 2 is 1.88 bits per heavy atom. The molecule has 9 nitrogen and oxygen atoms in total. The maximum absolute atomic E-state index is 12.8. The number of carbonyl (C=O) groups excluding carboxylic acids is 4. The minimum atomic E-state index is -0.967. The standard InChI is InChI=1S/C21H22N4O5S2/c1-3-24-19(28)15(25(21(24)31)23-18(27)16-6-5-11-32-16)12-17(26)22-14-9-7-13(8-10-14)20(29)30-4-2/h5-11,15H,3-4,12H2,1-2H3,(H,22,26)(H,23,27). The summed E-state index contributed by atoms with van der Waals surface area (Å²) >= 11 is 6.60. The molecule has 2 N–H and O–H groups in total. The quantitative estimate of drug-likeness (QED) is 0.447. The third-order valence-electron chi connectivity index (χ3n) is 4.64. The van der Waals surface area contributed by atoms with Gasteiger partial charge in [0.25, 0.3) is 11.8 Å². The molecule has 1 aromatic heterocycles. The summed E-state index contributed by atoms with van der Waals surface area (Å²) < 4.78 is 4.93. The molecule has 1 aliphatic rings. The Kier molecular flexibility index (Phi) is 7.54. The van der Waals surface area contributed by atoms with Gasteiger partial charge < -0.3 is 10.1 Å². The number of hydrogen-bond donors (Lipinski definition) is 2. The maximum Gasteiger partial charge on any atom is 0.338 e. The molecule has 1 aliphatic heterocycles. The highest BCUT2D eigenvalue weighted by atomic mass is 32.1. The minimum Gasteiger partial charge on any atom is -0.462 e. The van der Waals surface area contributed by atoms with Gasteiger partial charge in [-0.1, -0.05) is 6.07 Å². The van der Waals surface area contributed by atoms with E-state index in [4.69, 9.17) is 17.0 Å². The SMILES string of the molecule is CCOC(=O)c1ccc(NC(=O)CC2C(=O)N(CC)C(=S)N2NC(=O)c2cccs2)cc1. The average molecular weight is 475 g/mol. The Hall–Kier alpha value is -3.31. The van der Waals surface area contributed by atoms with Gasteiger partial charge in [0.2, 0.25) is 5.91 Å². The zero-order valence-corrected chi connectivity index (χ0v) is 19.1. The number of esters is 1. The monoisotopic (exact) mass is 474 g/mol. The molecule has 0 saturated carbocycles. The molecule has 1 unspecified atom stereocenters. The first-order valence-electron chi connectivity index (χ1n) is 9.91. The Morgan fingerprint density at radius 3 is 2.47 bits per heavy atom. The maximum atomic E-state index is 12.8. The van der Waals surface area contributed by atoms with Gasteiger partial charge in [-0.15, -0.1) is 11.3 Å². The predicted molar refractivity (Wildman–Crippen MR) is 123 cm³/mol. The van der Waals surface area contributed by atoms with Crippen molar-refractivity contribution in [3.05, 3.63) is 52.2 Å². The summed E-state index contributed by atoms with van der Waals surface area (Å²) in [4.78, 5) is 51.5. The first-order chi connectivity index (χ1) is 15.3. The number of rotatable bonds is 8. The van der Waals surface area contributed by atoms with Crippen LogP contribution >= 0.6 is 23.6 Å². The third-order valence-corrected chi connectivity index (χ3v) is 5.93. The molecule has 3 amide bonds. The molecule has 32 heavy (non-hydrogen) atoms. The van der Waals surface area contributed by atoms with E-state index in [0.717, 1.165) is 0 Å². The molecule has 1 saturated heterocycles. The number of likely N-dealkylation sites (N-methyl/N-ethyl adjacent to an activating group) is 1. The van der Waals surface area contributed by atoms with Crippen molar-refractivity contribution >= 4 is 58.0 Å². The van der Waals surface area contributed by atoms with Crippen molar-refractivity contribution in [2.24, 2.45) is 0 Å². The van der Waals surface area contributed by atoms with Crippen LogP contribution in [0, 0.1) is 0 Å². The van der Waals surface area contributed by atoms with Crippen LogP contribution in [0.4, 0.5) is 5.69 Å². The first kappa shape index (κ1) is 23.4. The van der Waals surface area contributed by atoms with E-state index in [-0.39, 0.29) is 24.0 Å². The Balaban J connectivity index is 1.69. The zero-order chi connectivity index (χ0) is 23.3. The Labute approximate surface area is 194 Å². The number of nitrogens with one attached hydrogen (secondary N) is 2. The summed E-state index contributed by atoms with van der Waals surface area (Å²) in [5.41, 5.74) is 3.47. The molecule has 11 heteroatoms. The third kappa shape index (κ3) is 5.11.